The number of aliphatic carboxylic acids is 1. The highest BCUT2D eigenvalue weighted by Crippen LogP contribution is 2.44. The van der Waals surface area contributed by atoms with Crippen LogP contribution in [0, 0.1) is 0 Å². The molecule has 1 aliphatic carbocycles. The minimum atomic E-state index is -4.05. The number of rotatable bonds is 9. The van der Waals surface area contributed by atoms with E-state index in [2.05, 4.69) is 10.3 Å². The van der Waals surface area contributed by atoms with Crippen LogP contribution in [0.15, 0.2) is 53.9 Å². The minimum Gasteiger partial charge on any atom is -0.477 e. The third-order valence-electron chi connectivity index (χ3n) is 5.49. The van der Waals surface area contributed by atoms with Gasteiger partial charge in [-0.3, -0.25) is 4.79 Å². The molecule has 0 aliphatic heterocycles. The van der Waals surface area contributed by atoms with Crippen molar-refractivity contribution in [2.45, 2.75) is 24.8 Å². The molecule has 0 atom stereocenters. The van der Waals surface area contributed by atoms with Gasteiger partial charge in [0.15, 0.2) is 0 Å². The highest BCUT2D eigenvalue weighted by atomic mass is 32.1. The first-order valence-electron chi connectivity index (χ1n) is 10.6. The van der Waals surface area contributed by atoms with Gasteiger partial charge in [-0.25, -0.2) is 14.6 Å². The van der Waals surface area contributed by atoms with E-state index in [1.807, 2.05) is 53.8 Å². The van der Waals surface area contributed by atoms with Gasteiger partial charge in [0.25, 0.3) is 0 Å². The number of aromatic nitrogens is 1. The first-order chi connectivity index (χ1) is 16.7. The third kappa shape index (κ3) is 5.62. The van der Waals surface area contributed by atoms with Crippen molar-refractivity contribution in [3.63, 3.8) is 0 Å². The Morgan fingerprint density at radius 1 is 1.03 bits per heavy atom. The first-order valence-corrected chi connectivity index (χ1v) is 11.5. The summed E-state index contributed by atoms with van der Waals surface area (Å²) >= 11 is 1.18. The number of nitrogens with one attached hydrogen (secondary N) is 2. The van der Waals surface area contributed by atoms with Crippen molar-refractivity contribution in [1.82, 2.24) is 15.6 Å². The van der Waals surface area contributed by atoms with Crippen LogP contribution in [0.25, 0.3) is 11.1 Å². The van der Waals surface area contributed by atoms with Crippen molar-refractivity contribution >= 4 is 29.3 Å². The van der Waals surface area contributed by atoms with Crippen molar-refractivity contribution in [2.75, 3.05) is 13.2 Å². The van der Waals surface area contributed by atoms with Crippen molar-refractivity contribution in [2.24, 2.45) is 0 Å². The van der Waals surface area contributed by atoms with E-state index in [1.165, 1.54) is 11.3 Å². The summed E-state index contributed by atoms with van der Waals surface area (Å²) in [5, 5.41) is 14.9. The summed E-state index contributed by atoms with van der Waals surface area (Å²) < 4.78 is 31.6. The predicted molar refractivity (Wildman–Crippen MR) is 123 cm³/mol. The number of benzene rings is 2. The zero-order valence-electron chi connectivity index (χ0n) is 18.3. The summed E-state index contributed by atoms with van der Waals surface area (Å²) in [6.07, 6.45) is -0.908. The van der Waals surface area contributed by atoms with Crippen LogP contribution in [0.4, 0.5) is 13.6 Å². The fraction of sp³-hybridized carbons (Fsp3) is 0.250. The number of carbonyl (C=O) groups is 3. The van der Waals surface area contributed by atoms with Gasteiger partial charge in [0.2, 0.25) is 5.91 Å². The van der Waals surface area contributed by atoms with E-state index in [9.17, 15) is 23.2 Å². The number of thiazole rings is 1. The molecule has 11 heteroatoms. The molecule has 0 fully saturated rings. The molecular weight excluding hydrogens is 480 g/mol. The molecule has 8 nitrogen and oxygen atoms in total. The van der Waals surface area contributed by atoms with Crippen LogP contribution >= 0.6 is 11.3 Å². The molecule has 4 rings (SSSR count). The molecule has 0 unspecified atom stereocenters. The Balaban J connectivity index is 1.25. The van der Waals surface area contributed by atoms with Crippen LogP contribution in [0.2, 0.25) is 0 Å². The second-order valence-electron chi connectivity index (χ2n) is 7.87. The van der Waals surface area contributed by atoms with E-state index in [4.69, 9.17) is 9.84 Å². The average Bonchev–Trinajstić information content (AvgIpc) is 3.42. The van der Waals surface area contributed by atoms with Gasteiger partial charge in [0.1, 0.15) is 11.6 Å². The molecule has 0 saturated heterocycles. The number of fused-ring (bicyclic) bond motifs is 3. The Morgan fingerprint density at radius 3 is 2.29 bits per heavy atom. The lowest BCUT2D eigenvalue weighted by Gasteiger charge is -2.14. The number of amides is 2. The van der Waals surface area contributed by atoms with E-state index in [0.29, 0.717) is 10.7 Å². The van der Waals surface area contributed by atoms with Crippen LogP contribution < -0.4 is 10.6 Å². The van der Waals surface area contributed by atoms with Gasteiger partial charge in [-0.15, -0.1) is 11.3 Å². The normalized spacial score (nSPS) is 12.5. The largest absolute Gasteiger partial charge is 0.477 e. The number of hydrogen-bond acceptors (Lipinski definition) is 6. The van der Waals surface area contributed by atoms with Gasteiger partial charge >= 0.3 is 18.0 Å². The minimum absolute atomic E-state index is 0.0633. The fourth-order valence-corrected chi connectivity index (χ4v) is 4.55. The van der Waals surface area contributed by atoms with Crippen LogP contribution in [-0.2, 0) is 27.3 Å². The molecule has 0 saturated carbocycles. The van der Waals surface area contributed by atoms with E-state index < -0.39 is 30.4 Å². The molecule has 2 aromatic carbocycles. The van der Waals surface area contributed by atoms with Crippen molar-refractivity contribution in [1.29, 1.82) is 0 Å². The molecule has 182 valence electrons. The molecule has 0 bridgehead atoms. The molecule has 2 amide bonds. The van der Waals surface area contributed by atoms with Gasteiger partial charge < -0.3 is 20.5 Å². The quantitative estimate of drug-likeness (QED) is 0.413. The predicted octanol–water partition coefficient (Wildman–Crippen LogP) is 3.56. The van der Waals surface area contributed by atoms with Gasteiger partial charge in [-0.05, 0) is 22.3 Å². The van der Waals surface area contributed by atoms with Gasteiger partial charge in [-0.1, -0.05) is 48.5 Å². The summed E-state index contributed by atoms with van der Waals surface area (Å²) in [6.45, 7) is -1.06. The highest BCUT2D eigenvalue weighted by Gasteiger charge is 2.39. The van der Waals surface area contributed by atoms with Crippen molar-refractivity contribution in [3.8, 4) is 11.1 Å². The monoisotopic (exact) mass is 501 g/mol. The zero-order chi connectivity index (χ0) is 25.0. The molecule has 0 radical (unpaired) electrons. The Kier molecular flexibility index (Phi) is 7.06. The van der Waals surface area contributed by atoms with E-state index in [0.717, 1.165) is 22.3 Å². The molecule has 3 N–H and O–H groups in total. The van der Waals surface area contributed by atoms with Crippen LogP contribution in [0.3, 0.4) is 0 Å². The summed E-state index contributed by atoms with van der Waals surface area (Å²) in [5.41, 5.74) is 4.78. The van der Waals surface area contributed by atoms with Gasteiger partial charge in [-0.2, -0.15) is 8.78 Å². The smallest absolute Gasteiger partial charge is 0.407 e. The molecule has 1 heterocycles. The molecule has 1 aromatic heterocycles. The second kappa shape index (κ2) is 10.2. The number of alkyl halides is 2. The number of halogens is 2. The lowest BCUT2D eigenvalue weighted by molar-refractivity contribution is -0.164. The highest BCUT2D eigenvalue weighted by molar-refractivity contribution is 7.09. The third-order valence-corrected chi connectivity index (χ3v) is 6.39. The van der Waals surface area contributed by atoms with E-state index in [1.54, 1.807) is 5.38 Å². The van der Waals surface area contributed by atoms with Crippen molar-refractivity contribution < 1.29 is 33.0 Å². The number of carboxylic acids is 1. The first kappa shape index (κ1) is 24.3. The number of carbonyl (C=O) groups excluding carboxylic acids is 2. The Labute approximate surface area is 203 Å². The Morgan fingerprint density at radius 2 is 1.66 bits per heavy atom. The molecule has 0 spiro atoms. The van der Waals surface area contributed by atoms with Crippen LogP contribution in [0.5, 0.6) is 0 Å². The number of carboxylic acid groups (broad SMARTS) is 1. The molecule has 3 aromatic rings. The lowest BCUT2D eigenvalue weighted by atomic mass is 9.98. The Hall–Kier alpha value is -3.86. The van der Waals surface area contributed by atoms with Gasteiger partial charge in [0.05, 0.1) is 25.2 Å². The molecular formula is C24H21F2N3O5S. The molecule has 1 aliphatic rings. The summed E-state index contributed by atoms with van der Waals surface area (Å²) in [7, 11) is 0. The number of alkyl carbamates (subject to hydrolysis) is 1. The van der Waals surface area contributed by atoms with Crippen LogP contribution in [-0.4, -0.2) is 47.1 Å². The lowest BCUT2D eigenvalue weighted by Crippen LogP contribution is -2.42. The van der Waals surface area contributed by atoms with Gasteiger partial charge in [0, 0.05) is 11.3 Å². The number of nitrogens with zero attached hydrogens (tertiary/aromatic N) is 1. The van der Waals surface area contributed by atoms with E-state index in [-0.39, 0.29) is 25.5 Å². The maximum Gasteiger partial charge on any atom is 0.407 e. The zero-order valence-corrected chi connectivity index (χ0v) is 19.1. The SMILES string of the molecule is O=C(Cc1csc(CNC(=O)OCC2c3ccccc3-c3ccccc32)n1)NCC(F)(F)C(=O)O. The van der Waals surface area contributed by atoms with Crippen molar-refractivity contribution in [3.05, 3.63) is 75.7 Å². The van der Waals surface area contributed by atoms with Crippen LogP contribution in [0.1, 0.15) is 27.7 Å². The number of ether oxygens (including phenoxy) is 1. The summed E-state index contributed by atoms with van der Waals surface area (Å²) in [6, 6.07) is 16.0. The van der Waals surface area contributed by atoms with E-state index >= 15 is 0 Å². The topological polar surface area (TPSA) is 118 Å². The number of hydrogen-bond donors (Lipinski definition) is 3. The Bertz CT molecular complexity index is 1220. The average molecular weight is 502 g/mol. The molecule has 35 heavy (non-hydrogen) atoms. The standard InChI is InChI=1S/C24H21F2N3O5S/c25-24(26,22(31)32)13-28-20(30)9-14-12-35-21(29-14)10-27-23(33)34-11-19-17-7-3-1-5-15(17)16-6-2-4-8-18(16)19/h1-8,12,19H,9-11,13H2,(H,27,33)(H,28,30)(H,31,32). The second-order valence-corrected chi connectivity index (χ2v) is 8.82. The summed E-state index contributed by atoms with van der Waals surface area (Å²) in [5.74, 6) is -7.21. The summed E-state index contributed by atoms with van der Waals surface area (Å²) in [4.78, 5) is 38.6. The fourth-order valence-electron chi connectivity index (χ4n) is 3.82. The maximum absolute atomic E-state index is 13.1. The maximum atomic E-state index is 13.1.